The Balaban J connectivity index is 1.83. The Morgan fingerprint density at radius 1 is 1.32 bits per heavy atom. The zero-order valence-corrected chi connectivity index (χ0v) is 15.9. The molecule has 0 atom stereocenters. The van der Waals surface area contributed by atoms with Crippen LogP contribution in [0, 0.1) is 0 Å². The van der Waals surface area contributed by atoms with Crippen LogP contribution in [0.1, 0.15) is 19.8 Å². The topological polar surface area (TPSA) is 66.9 Å². The summed E-state index contributed by atoms with van der Waals surface area (Å²) in [5.74, 6) is -2.67. The Morgan fingerprint density at radius 2 is 2.12 bits per heavy atom. The summed E-state index contributed by atoms with van der Waals surface area (Å²) >= 11 is 3.07. The second-order valence-electron chi connectivity index (χ2n) is 4.86. The average Bonchev–Trinajstić information content (AvgIpc) is 3.02. The molecule has 5 nitrogen and oxygen atoms in total. The van der Waals surface area contributed by atoms with Gasteiger partial charge in [0.2, 0.25) is 11.0 Å². The lowest BCUT2D eigenvalue weighted by Crippen LogP contribution is -2.14. The molecule has 0 radical (unpaired) electrons. The van der Waals surface area contributed by atoms with Crippen molar-refractivity contribution in [2.45, 2.75) is 34.8 Å². The van der Waals surface area contributed by atoms with Gasteiger partial charge in [-0.05, 0) is 18.6 Å². The lowest BCUT2D eigenvalue weighted by Gasteiger charge is -2.09. The van der Waals surface area contributed by atoms with E-state index in [1.807, 2.05) is 0 Å². The van der Waals surface area contributed by atoms with E-state index in [9.17, 15) is 13.6 Å². The Bertz CT molecular complexity index is 684. The number of benzene rings is 1. The van der Waals surface area contributed by atoms with Crippen molar-refractivity contribution in [2.24, 2.45) is 0 Å². The molecule has 136 valence electrons. The minimum absolute atomic E-state index is 0.136. The number of amides is 1. The van der Waals surface area contributed by atoms with Crippen molar-refractivity contribution in [3.63, 3.8) is 0 Å². The van der Waals surface area contributed by atoms with Crippen LogP contribution in [0.25, 0.3) is 0 Å². The number of carbonyl (C=O) groups excluding carboxylic acids is 1. The van der Waals surface area contributed by atoms with Crippen molar-refractivity contribution in [3.8, 4) is 0 Å². The van der Waals surface area contributed by atoms with E-state index in [0.29, 0.717) is 26.7 Å². The summed E-state index contributed by atoms with van der Waals surface area (Å²) in [6.07, 6.45) is 2.15. The summed E-state index contributed by atoms with van der Waals surface area (Å²) in [5.41, 5.74) is 0.387. The van der Waals surface area contributed by atoms with Gasteiger partial charge in [-0.15, -0.1) is 10.2 Å². The van der Waals surface area contributed by atoms with Crippen LogP contribution in [0.4, 0.5) is 19.6 Å². The number of nitrogens with zero attached hydrogens (tertiary/aromatic N) is 2. The highest BCUT2D eigenvalue weighted by Crippen LogP contribution is 2.32. The maximum absolute atomic E-state index is 12.5. The Labute approximate surface area is 157 Å². The SMILES string of the molecule is CCCCNc1nnc(SCC(=O)Nc2ccccc2SC(F)F)s1. The number of hydrogen-bond acceptors (Lipinski definition) is 7. The molecule has 0 bridgehead atoms. The largest absolute Gasteiger partial charge is 0.360 e. The summed E-state index contributed by atoms with van der Waals surface area (Å²) in [4.78, 5) is 12.4. The van der Waals surface area contributed by atoms with Gasteiger partial charge in [0.25, 0.3) is 5.76 Å². The van der Waals surface area contributed by atoms with Crippen molar-refractivity contribution in [1.29, 1.82) is 0 Å². The van der Waals surface area contributed by atoms with Crippen LogP contribution in [-0.2, 0) is 4.79 Å². The molecule has 0 aliphatic heterocycles. The first-order chi connectivity index (χ1) is 12.1. The van der Waals surface area contributed by atoms with Gasteiger partial charge in [-0.1, -0.05) is 60.3 Å². The van der Waals surface area contributed by atoms with Gasteiger partial charge in [-0.2, -0.15) is 8.78 Å². The molecule has 0 aliphatic rings. The molecular weight excluding hydrogens is 386 g/mol. The van der Waals surface area contributed by atoms with E-state index in [-0.39, 0.29) is 11.7 Å². The maximum Gasteiger partial charge on any atom is 0.288 e. The molecule has 0 fully saturated rings. The van der Waals surface area contributed by atoms with Gasteiger partial charge in [0.05, 0.1) is 11.4 Å². The summed E-state index contributed by atoms with van der Waals surface area (Å²) in [6.45, 7) is 2.95. The molecule has 0 unspecified atom stereocenters. The van der Waals surface area contributed by atoms with E-state index < -0.39 is 5.76 Å². The zero-order valence-electron chi connectivity index (χ0n) is 13.5. The zero-order chi connectivity index (χ0) is 18.1. The van der Waals surface area contributed by atoms with E-state index in [1.54, 1.807) is 24.3 Å². The number of carbonyl (C=O) groups is 1. The number of aromatic nitrogens is 2. The van der Waals surface area contributed by atoms with Crippen molar-refractivity contribution >= 4 is 51.6 Å². The molecule has 2 N–H and O–H groups in total. The number of nitrogens with one attached hydrogen (secondary N) is 2. The maximum atomic E-state index is 12.5. The molecule has 0 spiro atoms. The first-order valence-corrected chi connectivity index (χ1v) is 10.3. The number of hydrogen-bond donors (Lipinski definition) is 2. The minimum Gasteiger partial charge on any atom is -0.360 e. The van der Waals surface area contributed by atoms with Gasteiger partial charge in [0.15, 0.2) is 4.34 Å². The van der Waals surface area contributed by atoms with Crippen LogP contribution >= 0.6 is 34.9 Å². The third-order valence-corrected chi connectivity index (χ3v) is 5.72. The van der Waals surface area contributed by atoms with Crippen LogP contribution < -0.4 is 10.6 Å². The fourth-order valence-electron chi connectivity index (χ4n) is 1.79. The van der Waals surface area contributed by atoms with Gasteiger partial charge in [0, 0.05) is 11.4 Å². The number of para-hydroxylation sites is 1. The van der Waals surface area contributed by atoms with E-state index in [1.165, 1.54) is 23.1 Å². The molecule has 0 saturated heterocycles. The van der Waals surface area contributed by atoms with Gasteiger partial charge >= 0.3 is 0 Å². The minimum atomic E-state index is -2.53. The molecule has 1 aromatic carbocycles. The van der Waals surface area contributed by atoms with Crippen LogP contribution in [0.3, 0.4) is 0 Å². The first-order valence-electron chi connectivity index (χ1n) is 7.62. The quantitative estimate of drug-likeness (QED) is 0.438. The second-order valence-corrected chi connectivity index (χ2v) is 8.10. The lowest BCUT2D eigenvalue weighted by atomic mass is 10.3. The number of thioether (sulfide) groups is 2. The molecular formula is C15H18F2N4OS3. The van der Waals surface area contributed by atoms with E-state index >= 15 is 0 Å². The second kappa shape index (κ2) is 10.6. The molecule has 10 heteroatoms. The first kappa shape index (κ1) is 19.9. The van der Waals surface area contributed by atoms with E-state index in [0.717, 1.165) is 24.5 Å². The predicted molar refractivity (Wildman–Crippen MR) is 101 cm³/mol. The van der Waals surface area contributed by atoms with E-state index in [2.05, 4.69) is 27.8 Å². The van der Waals surface area contributed by atoms with Gasteiger partial charge in [0.1, 0.15) is 0 Å². The smallest absolute Gasteiger partial charge is 0.288 e. The Kier molecular flexibility index (Phi) is 8.42. The number of anilines is 2. The number of alkyl halides is 2. The van der Waals surface area contributed by atoms with E-state index in [4.69, 9.17) is 0 Å². The summed E-state index contributed by atoms with van der Waals surface area (Å²) in [5, 5.41) is 14.6. The number of halogens is 2. The van der Waals surface area contributed by atoms with Crippen LogP contribution in [0.2, 0.25) is 0 Å². The third kappa shape index (κ3) is 7.17. The third-order valence-electron chi connectivity index (χ3n) is 2.92. The van der Waals surface area contributed by atoms with Gasteiger partial charge < -0.3 is 10.6 Å². The summed E-state index contributed by atoms with van der Waals surface area (Å²) in [7, 11) is 0. The standard InChI is InChI=1S/C15H18F2N4OS3/c1-2-3-8-18-14-20-21-15(25-14)23-9-12(22)19-10-6-4-5-7-11(10)24-13(16)17/h4-7,13H,2-3,8-9H2,1H3,(H,18,20)(H,19,22). The molecule has 1 heterocycles. The molecule has 1 amide bonds. The number of unbranched alkanes of at least 4 members (excludes halogenated alkanes) is 1. The fraction of sp³-hybridized carbons (Fsp3) is 0.400. The molecule has 1 aromatic heterocycles. The highest BCUT2D eigenvalue weighted by molar-refractivity contribution is 8.01. The summed E-state index contributed by atoms with van der Waals surface area (Å²) in [6, 6.07) is 6.51. The fourth-order valence-corrected chi connectivity index (χ4v) is 3.97. The Morgan fingerprint density at radius 3 is 2.88 bits per heavy atom. The predicted octanol–water partition coefficient (Wildman–Crippen LogP) is 4.80. The van der Waals surface area contributed by atoms with Crippen LogP contribution in [-0.4, -0.2) is 34.2 Å². The molecule has 25 heavy (non-hydrogen) atoms. The lowest BCUT2D eigenvalue weighted by molar-refractivity contribution is -0.113. The monoisotopic (exact) mass is 404 g/mol. The number of rotatable bonds is 10. The van der Waals surface area contributed by atoms with Crippen molar-refractivity contribution in [3.05, 3.63) is 24.3 Å². The van der Waals surface area contributed by atoms with Crippen molar-refractivity contribution in [2.75, 3.05) is 22.9 Å². The van der Waals surface area contributed by atoms with Gasteiger partial charge in [-0.25, -0.2) is 0 Å². The van der Waals surface area contributed by atoms with Gasteiger partial charge in [-0.3, -0.25) is 4.79 Å². The average molecular weight is 405 g/mol. The molecule has 0 aliphatic carbocycles. The molecule has 2 rings (SSSR count). The summed E-state index contributed by atoms with van der Waals surface area (Å²) < 4.78 is 25.8. The van der Waals surface area contributed by atoms with Crippen molar-refractivity contribution < 1.29 is 13.6 Å². The molecule has 2 aromatic rings. The van der Waals surface area contributed by atoms with Crippen LogP contribution in [0.15, 0.2) is 33.5 Å². The highest BCUT2D eigenvalue weighted by atomic mass is 32.2. The van der Waals surface area contributed by atoms with Crippen molar-refractivity contribution in [1.82, 2.24) is 10.2 Å². The highest BCUT2D eigenvalue weighted by Gasteiger charge is 2.13. The van der Waals surface area contributed by atoms with Crippen LogP contribution in [0.5, 0.6) is 0 Å². The molecule has 0 saturated carbocycles. The Hall–Kier alpha value is -1.39. The normalized spacial score (nSPS) is 10.9.